The number of hydrogen-bond acceptors (Lipinski definition) is 11. The average Bonchev–Trinajstić information content (AvgIpc) is 3.43. The van der Waals surface area contributed by atoms with Crippen LogP contribution in [0.25, 0.3) is 0 Å². The van der Waals surface area contributed by atoms with Gasteiger partial charge in [-0.2, -0.15) is 0 Å². The summed E-state index contributed by atoms with van der Waals surface area (Å²) >= 11 is 0. The number of carbonyl (C=O) groups excluding carboxylic acids is 7. The van der Waals surface area contributed by atoms with Crippen molar-refractivity contribution >= 4 is 47.0 Å². The van der Waals surface area contributed by atoms with Crippen molar-refractivity contribution in [2.45, 2.75) is 90.7 Å². The third-order valence-corrected chi connectivity index (χ3v) is 8.70. The van der Waals surface area contributed by atoms with E-state index >= 15 is 0 Å². The molecule has 4 amide bonds. The van der Waals surface area contributed by atoms with Crippen LogP contribution >= 0.6 is 0 Å². The normalized spacial score (nSPS) is 13.5. The second-order valence-corrected chi connectivity index (χ2v) is 13.2. The van der Waals surface area contributed by atoms with Gasteiger partial charge in [0.25, 0.3) is 17.5 Å². The Kier molecular flexibility index (Phi) is 16.5. The summed E-state index contributed by atoms with van der Waals surface area (Å²) in [6.07, 6.45) is 4.77. The van der Waals surface area contributed by atoms with Crippen molar-refractivity contribution in [3.8, 4) is 5.75 Å². The minimum absolute atomic E-state index is 0.00402. The molecule has 15 heteroatoms. The molecule has 0 unspecified atom stereocenters. The van der Waals surface area contributed by atoms with Crippen LogP contribution in [0, 0.1) is 22.0 Å². The number of amides is 4. The zero-order valence-corrected chi connectivity index (χ0v) is 30.0. The number of nitrogens with two attached hydrogens (primary N) is 1. The molecule has 1 aliphatic rings. The lowest BCUT2D eigenvalue weighted by molar-refractivity contribution is -0.384. The van der Waals surface area contributed by atoms with Crippen molar-refractivity contribution in [3.05, 3.63) is 81.9 Å². The van der Waals surface area contributed by atoms with Crippen LogP contribution in [0.2, 0.25) is 0 Å². The van der Waals surface area contributed by atoms with Gasteiger partial charge in [0.1, 0.15) is 18.1 Å². The maximum Gasteiger partial charge on any atom is 0.514 e. The Balaban J connectivity index is 1.52. The highest BCUT2D eigenvalue weighted by atomic mass is 16.7. The number of rotatable bonds is 23. The first-order chi connectivity index (χ1) is 25.2. The number of ketones is 2. The molecule has 2 aromatic carbocycles. The molecule has 0 saturated heterocycles. The number of unbranched alkanes of at least 4 members (excludes halogenated alkanes) is 3. The Hall–Kier alpha value is -5.73. The molecule has 15 nitrogen and oxygen atoms in total. The van der Waals surface area contributed by atoms with Gasteiger partial charge in [0, 0.05) is 62.4 Å². The summed E-state index contributed by atoms with van der Waals surface area (Å²) < 4.78 is 10.1. The van der Waals surface area contributed by atoms with Crippen molar-refractivity contribution in [2.75, 3.05) is 6.54 Å². The van der Waals surface area contributed by atoms with E-state index < -0.39 is 34.9 Å². The minimum atomic E-state index is -1.00. The monoisotopic (exact) mass is 734 g/mol. The van der Waals surface area contributed by atoms with Gasteiger partial charge in [0.05, 0.1) is 11.0 Å². The van der Waals surface area contributed by atoms with E-state index in [1.807, 2.05) is 13.8 Å². The molecule has 0 fully saturated rings. The number of benzene rings is 2. The number of imide groups is 1. The molecule has 0 aromatic heterocycles. The number of ether oxygens (including phenoxy) is 2. The van der Waals surface area contributed by atoms with Gasteiger partial charge in [-0.1, -0.05) is 51.0 Å². The van der Waals surface area contributed by atoms with Gasteiger partial charge in [-0.05, 0) is 54.9 Å². The number of Topliss-reactive ketones (excluding diaryl/α,β-unsaturated/α-hetero) is 2. The first-order valence-corrected chi connectivity index (χ1v) is 17.6. The molecule has 0 radical (unpaired) electrons. The van der Waals surface area contributed by atoms with Crippen LogP contribution in [0.5, 0.6) is 5.75 Å². The number of nitro groups is 1. The van der Waals surface area contributed by atoms with Gasteiger partial charge in [-0.25, -0.2) is 4.79 Å². The third-order valence-electron chi connectivity index (χ3n) is 8.70. The quantitative estimate of drug-likeness (QED) is 0.0399. The fourth-order valence-corrected chi connectivity index (χ4v) is 5.62. The SMILES string of the molecule is CC(C)[C@H](CC(=O)CCCCCN1C(=O)C=CC1=O)C(=O)N[C@@H](CCCCC(N)=O)C(=O)Cc1ccc(COC(=O)Oc2ccc([N+](=O)[O-])cc2)cc1. The number of non-ortho nitro benzene ring substituents is 1. The fraction of sp³-hybridized carbons (Fsp3) is 0.447. The molecule has 0 aliphatic carbocycles. The minimum Gasteiger partial charge on any atom is -0.429 e. The predicted molar refractivity (Wildman–Crippen MR) is 191 cm³/mol. The van der Waals surface area contributed by atoms with E-state index in [1.54, 1.807) is 24.3 Å². The molecule has 53 heavy (non-hydrogen) atoms. The molecule has 0 spiro atoms. The lowest BCUT2D eigenvalue weighted by Gasteiger charge is -2.24. The van der Waals surface area contributed by atoms with Gasteiger partial charge < -0.3 is 20.5 Å². The molecule has 2 aromatic rings. The van der Waals surface area contributed by atoms with Crippen molar-refractivity contribution in [3.63, 3.8) is 0 Å². The molecule has 1 heterocycles. The first-order valence-electron chi connectivity index (χ1n) is 17.6. The van der Waals surface area contributed by atoms with E-state index in [0.29, 0.717) is 43.2 Å². The van der Waals surface area contributed by atoms with Gasteiger partial charge in [0.15, 0.2) is 5.78 Å². The highest BCUT2D eigenvalue weighted by molar-refractivity contribution is 6.12. The molecule has 3 rings (SSSR count). The molecule has 0 saturated carbocycles. The van der Waals surface area contributed by atoms with Crippen LogP contribution in [0.4, 0.5) is 10.5 Å². The second kappa shape index (κ2) is 21.0. The summed E-state index contributed by atoms with van der Waals surface area (Å²) in [6.45, 7) is 3.82. The van der Waals surface area contributed by atoms with Crippen LogP contribution in [-0.2, 0) is 46.5 Å². The zero-order chi connectivity index (χ0) is 38.9. The summed E-state index contributed by atoms with van der Waals surface area (Å²) in [7, 11) is 0. The molecule has 2 atom stereocenters. The summed E-state index contributed by atoms with van der Waals surface area (Å²) in [5, 5.41) is 13.6. The fourth-order valence-electron chi connectivity index (χ4n) is 5.62. The van der Waals surface area contributed by atoms with E-state index in [9.17, 15) is 43.7 Å². The summed E-state index contributed by atoms with van der Waals surface area (Å²) in [6, 6.07) is 10.8. The Morgan fingerprint density at radius 2 is 1.47 bits per heavy atom. The summed E-state index contributed by atoms with van der Waals surface area (Å²) in [5.74, 6) is -2.69. The van der Waals surface area contributed by atoms with E-state index in [0.717, 1.165) is 4.90 Å². The van der Waals surface area contributed by atoms with E-state index in [2.05, 4.69) is 5.32 Å². The lowest BCUT2D eigenvalue weighted by atomic mass is 9.88. The van der Waals surface area contributed by atoms with E-state index in [4.69, 9.17) is 15.2 Å². The van der Waals surface area contributed by atoms with Crippen LogP contribution in [-0.4, -0.2) is 63.8 Å². The Morgan fingerprint density at radius 1 is 0.849 bits per heavy atom. The van der Waals surface area contributed by atoms with Crippen molar-refractivity contribution in [1.29, 1.82) is 0 Å². The summed E-state index contributed by atoms with van der Waals surface area (Å²) in [4.78, 5) is 98.0. The maximum absolute atomic E-state index is 13.5. The Morgan fingerprint density at radius 3 is 2.08 bits per heavy atom. The smallest absolute Gasteiger partial charge is 0.429 e. The maximum atomic E-state index is 13.5. The predicted octanol–water partition coefficient (Wildman–Crippen LogP) is 4.67. The molecule has 1 aliphatic heterocycles. The van der Waals surface area contributed by atoms with Crippen molar-refractivity contribution < 1.29 is 48.0 Å². The van der Waals surface area contributed by atoms with Crippen LogP contribution in [0.1, 0.15) is 82.8 Å². The van der Waals surface area contributed by atoms with Crippen LogP contribution in [0.3, 0.4) is 0 Å². The largest absolute Gasteiger partial charge is 0.514 e. The number of carbonyl (C=O) groups is 7. The molecule has 284 valence electrons. The number of primary amides is 1. The first kappa shape index (κ1) is 41.7. The number of hydrogen-bond donors (Lipinski definition) is 2. The van der Waals surface area contributed by atoms with Crippen molar-refractivity contribution in [1.82, 2.24) is 10.2 Å². The second-order valence-electron chi connectivity index (χ2n) is 13.2. The highest BCUT2D eigenvalue weighted by Gasteiger charge is 2.29. The lowest BCUT2D eigenvalue weighted by Crippen LogP contribution is -2.45. The zero-order valence-electron chi connectivity index (χ0n) is 30.0. The molecular formula is C38H46N4O11. The van der Waals surface area contributed by atoms with E-state index in [1.165, 1.54) is 36.4 Å². The van der Waals surface area contributed by atoms with Crippen LogP contribution in [0.15, 0.2) is 60.7 Å². The highest BCUT2D eigenvalue weighted by Crippen LogP contribution is 2.21. The van der Waals surface area contributed by atoms with Gasteiger partial charge >= 0.3 is 6.16 Å². The van der Waals surface area contributed by atoms with Crippen LogP contribution < -0.4 is 15.8 Å². The van der Waals surface area contributed by atoms with Gasteiger partial charge in [-0.15, -0.1) is 0 Å². The standard InChI is InChI=1S/C38H46N4O11/c1-25(2)31(23-29(43)8-4-3-7-21-41-35(46)19-20-36(41)47)37(48)40-32(9-5-6-10-34(39)45)33(44)22-26-11-13-27(14-12-26)24-52-38(49)53-30-17-15-28(16-18-30)42(50)51/h11-20,25,31-32H,3-10,21-24H2,1-2H3,(H2,39,45)(H,40,48)/t31-,32-/m0/s1. The summed E-state index contributed by atoms with van der Waals surface area (Å²) in [5.41, 5.74) is 6.37. The molecule has 3 N–H and O–H groups in total. The molecule has 0 bridgehead atoms. The topological polar surface area (TPSA) is 222 Å². The Bertz CT molecular complexity index is 1650. The molecular weight excluding hydrogens is 688 g/mol. The third kappa shape index (κ3) is 14.4. The Labute approximate surface area is 307 Å². The van der Waals surface area contributed by atoms with Gasteiger partial charge in [-0.3, -0.25) is 43.8 Å². The number of nitrogens with one attached hydrogen (secondary N) is 1. The van der Waals surface area contributed by atoms with E-state index in [-0.39, 0.29) is 86.0 Å². The number of nitro benzene ring substituents is 1. The number of nitrogens with zero attached hydrogens (tertiary/aromatic N) is 2. The average molecular weight is 735 g/mol. The van der Waals surface area contributed by atoms with Gasteiger partial charge in [0.2, 0.25) is 11.8 Å². The van der Waals surface area contributed by atoms with Crippen molar-refractivity contribution in [2.24, 2.45) is 17.6 Å².